The first-order chi connectivity index (χ1) is 10.8. The van der Waals surface area contributed by atoms with Crippen LogP contribution in [0.4, 0.5) is 0 Å². The molecule has 3 heteroatoms. The van der Waals surface area contributed by atoms with E-state index in [-0.39, 0.29) is 5.97 Å². The molecule has 1 saturated carbocycles. The average molecular weight is 302 g/mol. The molecule has 0 radical (unpaired) electrons. The maximum atomic E-state index is 12.3. The highest BCUT2D eigenvalue weighted by atomic mass is 16.7. The molecule has 1 fully saturated rings. The van der Waals surface area contributed by atoms with Crippen LogP contribution < -0.4 is 4.74 Å². The van der Waals surface area contributed by atoms with E-state index in [2.05, 4.69) is 0 Å². The van der Waals surface area contributed by atoms with Crippen molar-refractivity contribution in [1.29, 1.82) is 0 Å². The summed E-state index contributed by atoms with van der Waals surface area (Å²) in [5.74, 6) is -0.273. The Hall–Kier alpha value is -1.51. The molecule has 0 aromatic heterocycles. The minimum absolute atomic E-state index is 0.228. The first-order valence-corrected chi connectivity index (χ1v) is 8.81. The second-order valence-electron chi connectivity index (χ2n) is 6.58. The van der Waals surface area contributed by atoms with Gasteiger partial charge in [0, 0.05) is 12.8 Å². The van der Waals surface area contributed by atoms with Gasteiger partial charge in [0.2, 0.25) is 0 Å². The van der Waals surface area contributed by atoms with Gasteiger partial charge in [-0.15, -0.1) is 0 Å². The molecular weight excluding hydrogens is 276 g/mol. The zero-order valence-corrected chi connectivity index (χ0v) is 13.3. The third-order valence-electron chi connectivity index (χ3n) is 4.80. The summed E-state index contributed by atoms with van der Waals surface area (Å²) in [6, 6.07) is 7.43. The monoisotopic (exact) mass is 302 g/mol. The molecule has 0 N–H and O–H groups in total. The number of fused-ring (bicyclic) bond motifs is 1. The van der Waals surface area contributed by atoms with E-state index in [1.54, 1.807) is 6.07 Å². The number of benzene rings is 1. The van der Waals surface area contributed by atoms with Crippen LogP contribution in [0.15, 0.2) is 24.3 Å². The molecule has 1 heterocycles. The average Bonchev–Trinajstić information content (AvgIpc) is 2.51. The summed E-state index contributed by atoms with van der Waals surface area (Å²) in [7, 11) is 0. The molecule has 0 saturated heterocycles. The second kappa shape index (κ2) is 7.17. The lowest BCUT2D eigenvalue weighted by molar-refractivity contribution is -0.165. The molecule has 22 heavy (non-hydrogen) atoms. The summed E-state index contributed by atoms with van der Waals surface area (Å²) in [5, 5.41) is 0. The van der Waals surface area contributed by atoms with Crippen LogP contribution in [-0.2, 0) is 4.74 Å². The van der Waals surface area contributed by atoms with Crippen molar-refractivity contribution in [3.8, 4) is 5.75 Å². The summed E-state index contributed by atoms with van der Waals surface area (Å²) in [5.41, 5.74) is 0.555. The maximum absolute atomic E-state index is 12.3. The van der Waals surface area contributed by atoms with Crippen molar-refractivity contribution in [2.24, 2.45) is 0 Å². The van der Waals surface area contributed by atoms with E-state index in [9.17, 15) is 4.79 Å². The largest absolute Gasteiger partial charge is 0.451 e. The highest BCUT2D eigenvalue weighted by Crippen LogP contribution is 2.37. The summed E-state index contributed by atoms with van der Waals surface area (Å²) >= 11 is 0. The Kier molecular flexibility index (Phi) is 5.01. The third kappa shape index (κ3) is 3.63. The number of hydrogen-bond donors (Lipinski definition) is 0. The van der Waals surface area contributed by atoms with Crippen molar-refractivity contribution in [3.05, 3.63) is 29.8 Å². The smallest absolute Gasteiger partial charge is 0.345 e. The van der Waals surface area contributed by atoms with E-state index in [1.807, 2.05) is 18.2 Å². The Morgan fingerprint density at radius 3 is 1.91 bits per heavy atom. The molecule has 3 nitrogen and oxygen atoms in total. The number of rotatable bonds is 0. The maximum Gasteiger partial charge on any atom is 0.345 e. The highest BCUT2D eigenvalue weighted by molar-refractivity contribution is 5.93. The van der Waals surface area contributed by atoms with Crippen molar-refractivity contribution in [2.75, 3.05) is 0 Å². The number of carbonyl (C=O) groups is 1. The van der Waals surface area contributed by atoms with Gasteiger partial charge in [-0.25, -0.2) is 4.79 Å². The lowest BCUT2D eigenvalue weighted by Gasteiger charge is -2.38. The molecule has 1 spiro atoms. The zero-order valence-electron chi connectivity index (χ0n) is 13.3. The van der Waals surface area contributed by atoms with E-state index in [4.69, 9.17) is 9.47 Å². The van der Waals surface area contributed by atoms with Crippen LogP contribution in [0.1, 0.15) is 81.0 Å². The summed E-state index contributed by atoms with van der Waals surface area (Å²) < 4.78 is 12.0. The molecule has 0 bridgehead atoms. The van der Waals surface area contributed by atoms with Crippen LogP contribution in [0.25, 0.3) is 0 Å². The van der Waals surface area contributed by atoms with Crippen molar-refractivity contribution < 1.29 is 14.3 Å². The van der Waals surface area contributed by atoms with Gasteiger partial charge in [0.1, 0.15) is 11.3 Å². The molecule has 1 aliphatic heterocycles. The fourth-order valence-electron chi connectivity index (χ4n) is 3.52. The molecule has 0 amide bonds. The number of para-hydroxylation sites is 1. The predicted octanol–water partition coefficient (Wildman–Crippen LogP) is 5.24. The van der Waals surface area contributed by atoms with Gasteiger partial charge in [0.15, 0.2) is 0 Å². The van der Waals surface area contributed by atoms with Gasteiger partial charge in [-0.05, 0) is 25.0 Å². The van der Waals surface area contributed by atoms with Crippen LogP contribution >= 0.6 is 0 Å². The van der Waals surface area contributed by atoms with Crippen LogP contribution in [-0.4, -0.2) is 11.8 Å². The van der Waals surface area contributed by atoms with E-state index >= 15 is 0 Å². The Balaban J connectivity index is 1.75. The Bertz CT molecular complexity index is 497. The Labute approximate surface area is 133 Å². The first-order valence-electron chi connectivity index (χ1n) is 8.81. The van der Waals surface area contributed by atoms with E-state index < -0.39 is 5.79 Å². The van der Waals surface area contributed by atoms with Crippen molar-refractivity contribution in [1.82, 2.24) is 0 Å². The van der Waals surface area contributed by atoms with Crippen molar-refractivity contribution in [2.45, 2.75) is 76.4 Å². The standard InChI is InChI=1S/C19H26O3/c20-18-16-12-8-9-13-17(16)21-19(22-18)14-10-6-4-2-1-3-5-7-11-15-19/h8-9,12-13H,1-7,10-11,14-15H2. The van der Waals surface area contributed by atoms with E-state index in [0.717, 1.165) is 25.7 Å². The Morgan fingerprint density at radius 1 is 0.727 bits per heavy atom. The summed E-state index contributed by atoms with van der Waals surface area (Å²) in [6.45, 7) is 0. The molecule has 2 aliphatic rings. The predicted molar refractivity (Wildman–Crippen MR) is 86.0 cm³/mol. The van der Waals surface area contributed by atoms with Gasteiger partial charge >= 0.3 is 5.97 Å². The fourth-order valence-corrected chi connectivity index (χ4v) is 3.52. The van der Waals surface area contributed by atoms with Gasteiger partial charge < -0.3 is 9.47 Å². The Morgan fingerprint density at radius 2 is 1.27 bits per heavy atom. The molecule has 1 aliphatic carbocycles. The number of esters is 1. The molecule has 0 unspecified atom stereocenters. The topological polar surface area (TPSA) is 35.5 Å². The van der Waals surface area contributed by atoms with Gasteiger partial charge in [-0.1, -0.05) is 57.1 Å². The van der Waals surface area contributed by atoms with Crippen LogP contribution in [0.3, 0.4) is 0 Å². The quantitative estimate of drug-likeness (QED) is 0.615. The molecule has 0 atom stereocenters. The first kappa shape index (κ1) is 15.4. The van der Waals surface area contributed by atoms with Crippen LogP contribution in [0.2, 0.25) is 0 Å². The van der Waals surface area contributed by atoms with Crippen LogP contribution in [0, 0.1) is 0 Å². The fraction of sp³-hybridized carbons (Fsp3) is 0.632. The number of hydrogen-bond acceptors (Lipinski definition) is 3. The van der Waals surface area contributed by atoms with Crippen molar-refractivity contribution >= 4 is 5.97 Å². The highest BCUT2D eigenvalue weighted by Gasteiger charge is 2.41. The lowest BCUT2D eigenvalue weighted by Crippen LogP contribution is -2.44. The summed E-state index contributed by atoms with van der Waals surface area (Å²) in [4.78, 5) is 12.3. The molecule has 3 rings (SSSR count). The van der Waals surface area contributed by atoms with Gasteiger partial charge in [-0.3, -0.25) is 0 Å². The van der Waals surface area contributed by atoms with Gasteiger partial charge in [-0.2, -0.15) is 0 Å². The molecule has 1 aromatic rings. The van der Waals surface area contributed by atoms with Gasteiger partial charge in [0.25, 0.3) is 5.79 Å². The lowest BCUT2D eigenvalue weighted by atomic mass is 9.96. The third-order valence-corrected chi connectivity index (χ3v) is 4.80. The number of carbonyl (C=O) groups excluding carboxylic acids is 1. The molecule has 1 aromatic carbocycles. The zero-order chi connectivity index (χ0) is 15.3. The molecule has 120 valence electrons. The SMILES string of the molecule is O=C1OC2(CCCCCCCCCCC2)Oc2ccccc21. The minimum Gasteiger partial charge on any atom is -0.451 e. The van der Waals surface area contributed by atoms with Crippen LogP contribution in [0.5, 0.6) is 5.75 Å². The second-order valence-corrected chi connectivity index (χ2v) is 6.58. The van der Waals surface area contributed by atoms with E-state index in [0.29, 0.717) is 11.3 Å². The van der Waals surface area contributed by atoms with E-state index in [1.165, 1.54) is 44.9 Å². The van der Waals surface area contributed by atoms with Crippen molar-refractivity contribution in [3.63, 3.8) is 0 Å². The minimum atomic E-state index is -0.732. The normalized spacial score (nSPS) is 22.6. The molecular formula is C19H26O3. The number of ether oxygens (including phenoxy) is 2. The van der Waals surface area contributed by atoms with Gasteiger partial charge in [0.05, 0.1) is 0 Å². The summed E-state index contributed by atoms with van der Waals surface area (Å²) in [6.07, 6.45) is 12.7.